The van der Waals surface area contributed by atoms with Gasteiger partial charge in [0.2, 0.25) is 9.84 Å². The van der Waals surface area contributed by atoms with Crippen LogP contribution >= 0.6 is 0 Å². The Morgan fingerprint density at radius 3 is 2.00 bits per heavy atom. The van der Waals surface area contributed by atoms with E-state index < -0.39 is 32.8 Å². The second-order valence-corrected chi connectivity index (χ2v) is 7.02. The quantitative estimate of drug-likeness (QED) is 0.442. The van der Waals surface area contributed by atoms with Gasteiger partial charge in [-0.25, -0.2) is 22.4 Å². The highest BCUT2D eigenvalue weighted by Gasteiger charge is 2.43. The van der Waals surface area contributed by atoms with Crippen molar-refractivity contribution in [3.8, 4) is 0 Å². The van der Waals surface area contributed by atoms with Gasteiger partial charge in [-0.05, 0) is 26.0 Å². The van der Waals surface area contributed by atoms with Crippen molar-refractivity contribution in [3.05, 3.63) is 42.2 Å². The molecule has 0 saturated heterocycles. The van der Waals surface area contributed by atoms with E-state index in [4.69, 9.17) is 9.47 Å². The van der Waals surface area contributed by atoms with Crippen molar-refractivity contribution in [1.82, 2.24) is 0 Å². The average Bonchev–Trinajstić information content (AvgIpc) is 2.55. The minimum absolute atomic E-state index is 0.0649. The number of halogens is 1. The van der Waals surface area contributed by atoms with E-state index >= 15 is 0 Å². The van der Waals surface area contributed by atoms with Gasteiger partial charge in [-0.3, -0.25) is 0 Å². The lowest BCUT2D eigenvalue weighted by Gasteiger charge is -2.16. The van der Waals surface area contributed by atoms with Gasteiger partial charge >= 0.3 is 11.9 Å². The summed E-state index contributed by atoms with van der Waals surface area (Å²) < 4.78 is 49.3. The second-order valence-electron chi connectivity index (χ2n) is 5.02. The summed E-state index contributed by atoms with van der Waals surface area (Å²) in [5.74, 6) is -3.07. The van der Waals surface area contributed by atoms with Crippen LogP contribution in [0.4, 0.5) is 4.39 Å². The first-order valence-corrected chi connectivity index (χ1v) is 9.13. The van der Waals surface area contributed by atoms with Crippen molar-refractivity contribution in [2.45, 2.75) is 24.0 Å². The Kier molecular flexibility index (Phi) is 5.73. The molecule has 0 radical (unpaired) electrons. The van der Waals surface area contributed by atoms with Crippen LogP contribution < -0.4 is 0 Å². The molecule has 0 saturated carbocycles. The molecule has 0 spiro atoms. The number of carbonyl (C=O) groups is 2. The Morgan fingerprint density at radius 1 is 0.960 bits per heavy atom. The van der Waals surface area contributed by atoms with Crippen molar-refractivity contribution in [3.63, 3.8) is 0 Å². The molecule has 0 N–H and O–H groups in total. The van der Waals surface area contributed by atoms with Crippen LogP contribution in [-0.2, 0) is 28.9 Å². The maximum absolute atomic E-state index is 13.9. The van der Waals surface area contributed by atoms with Gasteiger partial charge in [-0.2, -0.15) is 0 Å². The summed E-state index contributed by atoms with van der Waals surface area (Å²) in [6.45, 7) is 2.77. The van der Waals surface area contributed by atoms with E-state index in [0.717, 1.165) is 12.1 Å². The van der Waals surface area contributed by atoms with Crippen molar-refractivity contribution in [1.29, 1.82) is 0 Å². The van der Waals surface area contributed by atoms with Crippen LogP contribution in [0.3, 0.4) is 0 Å². The predicted molar refractivity (Wildman–Crippen MR) is 88.1 cm³/mol. The molecule has 0 unspecified atom stereocenters. The van der Waals surface area contributed by atoms with E-state index in [1.54, 1.807) is 6.07 Å². The molecule has 0 bridgehead atoms. The fourth-order valence-electron chi connectivity index (χ4n) is 2.40. The first-order chi connectivity index (χ1) is 11.8. The number of ether oxygens (including phenoxy) is 2. The number of rotatable bonds is 6. The molecule has 25 heavy (non-hydrogen) atoms. The first kappa shape index (κ1) is 18.9. The molecule has 0 aliphatic rings. The lowest BCUT2D eigenvalue weighted by molar-refractivity contribution is -0.153. The van der Waals surface area contributed by atoms with E-state index in [0.29, 0.717) is 0 Å². The summed E-state index contributed by atoms with van der Waals surface area (Å²) in [7, 11) is -4.50. The third-order valence-corrected chi connectivity index (χ3v) is 5.42. The Labute approximate surface area is 144 Å². The van der Waals surface area contributed by atoms with Gasteiger partial charge in [-0.15, -0.1) is 0 Å². The number of fused-ring (bicyclic) bond motifs is 1. The number of benzene rings is 2. The fraction of sp³-hybridized carbons (Fsp3) is 0.294. The topological polar surface area (TPSA) is 86.7 Å². The van der Waals surface area contributed by atoms with Crippen LogP contribution in [0.5, 0.6) is 0 Å². The van der Waals surface area contributed by atoms with E-state index in [2.05, 4.69) is 0 Å². The minimum Gasteiger partial charge on any atom is -0.465 e. The van der Waals surface area contributed by atoms with Crippen LogP contribution in [0.25, 0.3) is 10.8 Å². The molecule has 0 aliphatic heterocycles. The number of hydrogen-bond donors (Lipinski definition) is 0. The summed E-state index contributed by atoms with van der Waals surface area (Å²) in [5.41, 5.74) is 0. The van der Waals surface area contributed by atoms with Gasteiger partial charge in [0.25, 0.3) is 5.25 Å². The number of carbonyl (C=O) groups excluding carboxylic acids is 2. The van der Waals surface area contributed by atoms with Crippen LogP contribution in [0, 0.1) is 5.82 Å². The van der Waals surface area contributed by atoms with Crippen molar-refractivity contribution in [2.75, 3.05) is 13.2 Å². The summed E-state index contributed by atoms with van der Waals surface area (Å²) in [6, 6.07) is 7.90. The Bertz CT molecular complexity index is 888. The second kappa shape index (κ2) is 7.60. The van der Waals surface area contributed by atoms with Crippen LogP contribution in [0.2, 0.25) is 0 Å². The maximum Gasteiger partial charge on any atom is 0.336 e. The lowest BCUT2D eigenvalue weighted by atomic mass is 10.1. The summed E-state index contributed by atoms with van der Waals surface area (Å²) in [4.78, 5) is 23.9. The molecule has 2 aromatic rings. The standard InChI is InChI=1S/C17H17FO6S/c1-3-23-16(19)15(17(20)24-4-2)25(21,22)14-10-9-13(18)11-7-5-6-8-12(11)14/h5-10,15H,3-4H2,1-2H3. The molecule has 2 aromatic carbocycles. The highest BCUT2D eigenvalue weighted by Crippen LogP contribution is 2.29. The summed E-state index contributed by atoms with van der Waals surface area (Å²) >= 11 is 0. The third-order valence-electron chi connectivity index (χ3n) is 3.45. The Balaban J connectivity index is 2.67. The number of hydrogen-bond acceptors (Lipinski definition) is 6. The zero-order valence-corrected chi connectivity index (χ0v) is 14.5. The molecule has 0 fully saturated rings. The molecule has 0 amide bonds. The molecule has 0 atom stereocenters. The number of sulfone groups is 1. The van der Waals surface area contributed by atoms with Crippen LogP contribution in [0.1, 0.15) is 13.8 Å². The normalized spacial score (nSPS) is 11.5. The molecule has 8 heteroatoms. The minimum atomic E-state index is -4.50. The monoisotopic (exact) mass is 368 g/mol. The zero-order valence-electron chi connectivity index (χ0n) is 13.7. The van der Waals surface area contributed by atoms with E-state index in [1.807, 2.05) is 0 Å². The van der Waals surface area contributed by atoms with Crippen LogP contribution in [-0.4, -0.2) is 38.8 Å². The van der Waals surface area contributed by atoms with Gasteiger partial charge in [0, 0.05) is 10.8 Å². The Hall–Kier alpha value is -2.48. The molecule has 0 aromatic heterocycles. The highest BCUT2D eigenvalue weighted by atomic mass is 32.2. The zero-order chi connectivity index (χ0) is 18.6. The third kappa shape index (κ3) is 3.63. The largest absolute Gasteiger partial charge is 0.465 e. The van der Waals surface area contributed by atoms with E-state index in [-0.39, 0.29) is 28.9 Å². The average molecular weight is 368 g/mol. The van der Waals surface area contributed by atoms with Crippen LogP contribution in [0.15, 0.2) is 41.3 Å². The number of esters is 2. The van der Waals surface area contributed by atoms with E-state index in [9.17, 15) is 22.4 Å². The van der Waals surface area contributed by atoms with Gasteiger partial charge in [0.05, 0.1) is 18.1 Å². The molecule has 134 valence electrons. The van der Waals surface area contributed by atoms with Crippen molar-refractivity contribution < 1.29 is 31.9 Å². The summed E-state index contributed by atoms with van der Waals surface area (Å²) in [6.07, 6.45) is 0. The summed E-state index contributed by atoms with van der Waals surface area (Å²) in [5, 5.41) is -2.03. The Morgan fingerprint density at radius 2 is 1.48 bits per heavy atom. The molecule has 0 aliphatic carbocycles. The van der Waals surface area contributed by atoms with Crippen molar-refractivity contribution >= 4 is 32.5 Å². The van der Waals surface area contributed by atoms with Gasteiger partial charge in [0.1, 0.15) is 5.82 Å². The predicted octanol–water partition coefficient (Wildman–Crippen LogP) is 2.25. The van der Waals surface area contributed by atoms with Gasteiger partial charge in [0.15, 0.2) is 0 Å². The highest BCUT2D eigenvalue weighted by molar-refractivity contribution is 7.93. The van der Waals surface area contributed by atoms with Gasteiger partial charge < -0.3 is 9.47 Å². The first-order valence-electron chi connectivity index (χ1n) is 7.59. The SMILES string of the molecule is CCOC(=O)C(C(=O)OCC)S(=O)(=O)c1ccc(F)c2ccccc12. The molecule has 2 rings (SSSR count). The van der Waals surface area contributed by atoms with Gasteiger partial charge in [-0.1, -0.05) is 24.3 Å². The lowest BCUT2D eigenvalue weighted by Crippen LogP contribution is -2.40. The molecular formula is C17H17FO6S. The fourth-order valence-corrected chi connectivity index (χ4v) is 4.03. The molecular weight excluding hydrogens is 351 g/mol. The molecule has 0 heterocycles. The van der Waals surface area contributed by atoms with Crippen molar-refractivity contribution in [2.24, 2.45) is 0 Å². The molecule has 6 nitrogen and oxygen atoms in total. The maximum atomic E-state index is 13.9. The smallest absolute Gasteiger partial charge is 0.336 e. The van der Waals surface area contributed by atoms with E-state index in [1.165, 1.54) is 32.0 Å².